The third kappa shape index (κ3) is 1.86. The van der Waals surface area contributed by atoms with Gasteiger partial charge in [-0.1, -0.05) is 5.16 Å². The normalized spacial score (nSPS) is 25.4. The number of ether oxygens (including phenoxy) is 1. The molecule has 9 heteroatoms. The Bertz CT molecular complexity index is 938. The first-order valence-electron chi connectivity index (χ1n) is 7.73. The van der Waals surface area contributed by atoms with Crippen LogP contribution in [0.2, 0.25) is 0 Å². The Kier molecular flexibility index (Phi) is 2.65. The number of anilines is 1. The van der Waals surface area contributed by atoms with Crippen molar-refractivity contribution in [1.82, 2.24) is 15.4 Å². The maximum absolute atomic E-state index is 11.6. The van der Waals surface area contributed by atoms with Gasteiger partial charge in [-0.25, -0.2) is 0 Å². The number of hydrogen-bond acceptors (Lipinski definition) is 8. The van der Waals surface area contributed by atoms with E-state index >= 15 is 0 Å². The van der Waals surface area contributed by atoms with Crippen molar-refractivity contribution in [2.45, 2.75) is 0 Å². The van der Waals surface area contributed by atoms with E-state index in [0.717, 1.165) is 17.1 Å². The van der Waals surface area contributed by atoms with Crippen LogP contribution in [-0.4, -0.2) is 35.4 Å². The maximum Gasteiger partial charge on any atom is 0.273 e. The smallest absolute Gasteiger partial charge is 0.273 e. The van der Waals surface area contributed by atoms with Crippen molar-refractivity contribution < 1.29 is 14.1 Å². The largest absolute Gasteiger partial charge is 0.469 e. The van der Waals surface area contributed by atoms with Crippen molar-refractivity contribution >= 4 is 24.0 Å². The van der Waals surface area contributed by atoms with Crippen LogP contribution in [0.25, 0.3) is 6.08 Å². The van der Waals surface area contributed by atoms with Gasteiger partial charge in [0.1, 0.15) is 18.2 Å². The topological polar surface area (TPSA) is 118 Å². The molecule has 1 atom stereocenters. The number of nitrogens with two attached hydrogens (primary N) is 1. The van der Waals surface area contributed by atoms with Crippen LogP contribution in [0.5, 0.6) is 0 Å². The minimum atomic E-state index is -0.642. The van der Waals surface area contributed by atoms with E-state index in [-0.39, 0.29) is 11.1 Å². The van der Waals surface area contributed by atoms with Crippen LogP contribution in [0.4, 0.5) is 5.69 Å². The fourth-order valence-corrected chi connectivity index (χ4v) is 3.48. The molecule has 1 unspecified atom stereocenters. The lowest BCUT2D eigenvalue weighted by Gasteiger charge is -2.45. The molecule has 1 aromatic rings. The van der Waals surface area contributed by atoms with Crippen LogP contribution in [0.3, 0.4) is 0 Å². The first-order valence-corrected chi connectivity index (χ1v) is 7.73. The number of carbonyl (C=O) groups is 1. The van der Waals surface area contributed by atoms with Gasteiger partial charge < -0.3 is 30.5 Å². The average molecular weight is 338 g/mol. The van der Waals surface area contributed by atoms with E-state index in [2.05, 4.69) is 26.9 Å². The Morgan fingerprint density at radius 3 is 3.16 bits per heavy atom. The van der Waals surface area contributed by atoms with Gasteiger partial charge in [0.25, 0.3) is 5.91 Å². The van der Waals surface area contributed by atoms with Crippen LogP contribution in [0, 0.1) is 5.41 Å². The molecule has 25 heavy (non-hydrogen) atoms. The zero-order valence-corrected chi connectivity index (χ0v) is 13.0. The van der Waals surface area contributed by atoms with Gasteiger partial charge in [-0.05, 0) is 6.08 Å². The highest BCUT2D eigenvalue weighted by molar-refractivity contribution is 5.99. The molecule has 0 aromatic carbocycles. The zero-order chi connectivity index (χ0) is 17.0. The summed E-state index contributed by atoms with van der Waals surface area (Å²) in [6, 6.07) is 0. The maximum atomic E-state index is 11.6. The molecule has 0 bridgehead atoms. The van der Waals surface area contributed by atoms with Gasteiger partial charge in [-0.3, -0.25) is 9.79 Å². The van der Waals surface area contributed by atoms with E-state index < -0.39 is 5.91 Å². The van der Waals surface area contributed by atoms with Crippen LogP contribution in [0.1, 0.15) is 16.2 Å². The molecular weight excluding hydrogens is 324 g/mol. The lowest BCUT2D eigenvalue weighted by Crippen LogP contribution is -2.48. The molecule has 0 radical (unpaired) electrons. The minimum absolute atomic E-state index is 0.0823. The number of nitrogens with one attached hydrogen (secondary N) is 2. The van der Waals surface area contributed by atoms with Crippen LogP contribution in [-0.2, 0) is 4.74 Å². The molecule has 0 saturated heterocycles. The molecule has 4 aliphatic heterocycles. The van der Waals surface area contributed by atoms with Crippen LogP contribution < -0.4 is 16.4 Å². The number of nitrogens with zero attached hydrogens (tertiary/aromatic N) is 3. The van der Waals surface area contributed by atoms with E-state index in [0.29, 0.717) is 24.5 Å². The predicted octanol–water partition coefficient (Wildman–Crippen LogP) is 0.700. The highest BCUT2D eigenvalue weighted by Gasteiger charge is 2.44. The molecular formula is C16H14N6O3. The summed E-state index contributed by atoms with van der Waals surface area (Å²) in [4.78, 5) is 18.0. The van der Waals surface area contributed by atoms with E-state index in [9.17, 15) is 4.79 Å². The molecule has 4 aliphatic rings. The average Bonchev–Trinajstić information content (AvgIpc) is 3.04. The summed E-state index contributed by atoms with van der Waals surface area (Å²) >= 11 is 0. The van der Waals surface area contributed by atoms with Crippen molar-refractivity contribution in [1.29, 1.82) is 0 Å². The van der Waals surface area contributed by atoms with Gasteiger partial charge in [-0.2, -0.15) is 0 Å². The summed E-state index contributed by atoms with van der Waals surface area (Å²) in [5, 5.41) is 10.2. The first-order chi connectivity index (χ1) is 12.2. The second kappa shape index (κ2) is 4.76. The Balaban J connectivity index is 1.69. The summed E-state index contributed by atoms with van der Waals surface area (Å²) in [5.41, 5.74) is 8.23. The Labute approximate surface area is 142 Å². The van der Waals surface area contributed by atoms with Gasteiger partial charge in [-0.15, -0.1) is 0 Å². The molecule has 5 heterocycles. The van der Waals surface area contributed by atoms with Gasteiger partial charge >= 0.3 is 0 Å². The fourth-order valence-electron chi connectivity index (χ4n) is 3.48. The molecule has 0 fully saturated rings. The SMILES string of the molecule is NC(=O)c1noc2c1NC1=CC3(CN=CNC3)C3=COC=CN3C1=C2. The fraction of sp³-hybridized carbons (Fsp3) is 0.188. The minimum Gasteiger partial charge on any atom is -0.469 e. The number of hydrogen-bond donors (Lipinski definition) is 3. The number of rotatable bonds is 1. The van der Waals surface area contributed by atoms with E-state index in [1.807, 2.05) is 17.2 Å². The number of aromatic nitrogens is 1. The second-order valence-electron chi connectivity index (χ2n) is 6.15. The lowest BCUT2D eigenvalue weighted by atomic mass is 9.78. The van der Waals surface area contributed by atoms with Gasteiger partial charge in [0.05, 0.1) is 35.4 Å². The van der Waals surface area contributed by atoms with Gasteiger partial charge in [0, 0.05) is 18.8 Å². The standard InChI is InChI=1S/C16H14N6O3/c17-15(23)14-13-11(25-21-14)3-10-9(20-13)4-16(6-18-8-19-7-16)12-5-24-2-1-22(10)12/h1-5,8,20H,6-7H2,(H2,17,23)(H,18,19). The molecule has 1 spiro atoms. The number of fused-ring (bicyclic) bond motifs is 5. The lowest BCUT2D eigenvalue weighted by molar-refractivity contribution is 0.0992. The molecule has 0 aliphatic carbocycles. The monoisotopic (exact) mass is 338 g/mol. The van der Waals surface area contributed by atoms with E-state index in [1.165, 1.54) is 0 Å². The Hall–Kier alpha value is -3.49. The molecule has 1 aromatic heterocycles. The van der Waals surface area contributed by atoms with Crippen LogP contribution in [0.15, 0.2) is 51.4 Å². The van der Waals surface area contributed by atoms with Crippen LogP contribution >= 0.6 is 0 Å². The summed E-state index contributed by atoms with van der Waals surface area (Å²) in [6.45, 7) is 1.25. The highest BCUT2D eigenvalue weighted by atomic mass is 16.5. The molecule has 9 nitrogen and oxygen atoms in total. The summed E-state index contributed by atoms with van der Waals surface area (Å²) in [6.07, 6.45) is 10.8. The van der Waals surface area contributed by atoms with E-state index in [1.54, 1.807) is 18.9 Å². The van der Waals surface area contributed by atoms with Crippen molar-refractivity contribution in [3.05, 3.63) is 53.3 Å². The second-order valence-corrected chi connectivity index (χ2v) is 6.15. The van der Waals surface area contributed by atoms with Crippen molar-refractivity contribution in [3.63, 3.8) is 0 Å². The summed E-state index contributed by atoms with van der Waals surface area (Å²) in [5.74, 6) is -0.188. The molecule has 4 N–H and O–H groups in total. The highest BCUT2D eigenvalue weighted by Crippen LogP contribution is 2.46. The zero-order valence-electron chi connectivity index (χ0n) is 13.0. The molecule has 0 saturated carbocycles. The Morgan fingerprint density at radius 1 is 1.44 bits per heavy atom. The van der Waals surface area contributed by atoms with E-state index in [4.69, 9.17) is 15.0 Å². The number of carbonyl (C=O) groups excluding carboxylic acids is 1. The quantitative estimate of drug-likeness (QED) is 0.690. The summed E-state index contributed by atoms with van der Waals surface area (Å²) < 4.78 is 10.7. The van der Waals surface area contributed by atoms with Crippen molar-refractivity contribution in [3.8, 4) is 0 Å². The van der Waals surface area contributed by atoms with Crippen molar-refractivity contribution in [2.24, 2.45) is 16.1 Å². The van der Waals surface area contributed by atoms with Gasteiger partial charge in [0.15, 0.2) is 11.5 Å². The van der Waals surface area contributed by atoms with Gasteiger partial charge in [0.2, 0.25) is 0 Å². The number of amides is 1. The first kappa shape index (κ1) is 13.9. The number of primary amides is 1. The third-order valence-electron chi connectivity index (χ3n) is 4.65. The predicted molar refractivity (Wildman–Crippen MR) is 88.6 cm³/mol. The number of aliphatic imine (C=N–C) groups is 1. The molecule has 1 amide bonds. The summed E-state index contributed by atoms with van der Waals surface area (Å²) in [7, 11) is 0. The third-order valence-corrected chi connectivity index (χ3v) is 4.65. The van der Waals surface area contributed by atoms with Crippen molar-refractivity contribution in [2.75, 3.05) is 18.4 Å². The molecule has 126 valence electrons. The Morgan fingerprint density at radius 2 is 2.36 bits per heavy atom. The molecule has 5 rings (SSSR count).